The molecule has 1 aliphatic rings. The molecule has 2 N–H and O–H groups in total. The fourth-order valence-electron chi connectivity index (χ4n) is 3.68. The normalized spacial score (nSPS) is 13.0. The summed E-state index contributed by atoms with van der Waals surface area (Å²) in [5.41, 5.74) is 11.6. The highest BCUT2D eigenvalue weighted by molar-refractivity contribution is 5.96. The number of hydrogen-bond donors (Lipinski definition) is 1. The minimum absolute atomic E-state index is 0. The van der Waals surface area contributed by atoms with Gasteiger partial charge in [0.15, 0.2) is 11.5 Å². The second-order valence-electron chi connectivity index (χ2n) is 6.31. The molecule has 1 heterocycles. The van der Waals surface area contributed by atoms with Crippen LogP contribution in [-0.4, -0.2) is 24.2 Å². The van der Waals surface area contributed by atoms with Gasteiger partial charge in [0.05, 0.1) is 25.4 Å². The van der Waals surface area contributed by atoms with Crippen molar-refractivity contribution in [2.45, 2.75) is 25.7 Å². The van der Waals surface area contributed by atoms with Crippen LogP contribution in [0.15, 0.2) is 30.3 Å². The first-order valence-electron chi connectivity index (χ1n) is 8.51. The number of fused-ring (bicyclic) bond motifs is 2. The maximum atomic E-state index is 6.01. The Kier molecular flexibility index (Phi) is 5.18. The molecule has 0 saturated heterocycles. The van der Waals surface area contributed by atoms with Crippen molar-refractivity contribution in [3.05, 3.63) is 41.5 Å². The maximum Gasteiger partial charge on any atom is 0.221 e. The molecule has 6 heteroatoms. The van der Waals surface area contributed by atoms with Crippen molar-refractivity contribution >= 4 is 29.3 Å². The van der Waals surface area contributed by atoms with Gasteiger partial charge in [-0.2, -0.15) is 0 Å². The largest absolute Gasteiger partial charge is 0.493 e. The third-order valence-electron chi connectivity index (χ3n) is 4.87. The zero-order valence-corrected chi connectivity index (χ0v) is 15.7. The van der Waals surface area contributed by atoms with Crippen molar-refractivity contribution in [1.82, 2.24) is 9.97 Å². The van der Waals surface area contributed by atoms with E-state index in [9.17, 15) is 0 Å². The molecule has 0 fully saturated rings. The lowest BCUT2D eigenvalue weighted by molar-refractivity contribution is 0.356. The summed E-state index contributed by atoms with van der Waals surface area (Å²) in [7, 11) is 3.24. The van der Waals surface area contributed by atoms with Crippen LogP contribution in [0, 0.1) is 0 Å². The second-order valence-corrected chi connectivity index (χ2v) is 6.31. The number of anilines is 1. The van der Waals surface area contributed by atoms with Crippen LogP contribution in [0.4, 0.5) is 5.95 Å². The Morgan fingerprint density at radius 1 is 0.962 bits per heavy atom. The van der Waals surface area contributed by atoms with Gasteiger partial charge in [0.2, 0.25) is 5.95 Å². The van der Waals surface area contributed by atoms with Crippen molar-refractivity contribution in [2.75, 3.05) is 20.0 Å². The molecule has 3 aromatic rings. The Hall–Kier alpha value is -2.53. The van der Waals surface area contributed by atoms with Gasteiger partial charge in [-0.1, -0.05) is 18.2 Å². The van der Waals surface area contributed by atoms with E-state index in [1.54, 1.807) is 14.2 Å². The minimum Gasteiger partial charge on any atom is -0.493 e. The third-order valence-corrected chi connectivity index (χ3v) is 4.87. The number of aryl methyl sites for hydroxylation is 1. The van der Waals surface area contributed by atoms with Crippen LogP contribution in [0.1, 0.15) is 24.0 Å². The predicted octanol–water partition coefficient (Wildman–Crippen LogP) is 4.20. The van der Waals surface area contributed by atoms with Gasteiger partial charge in [0.25, 0.3) is 0 Å². The first kappa shape index (κ1) is 18.3. The molecule has 0 amide bonds. The highest BCUT2D eigenvalue weighted by Crippen LogP contribution is 2.38. The number of ether oxygens (including phenoxy) is 2. The quantitative estimate of drug-likeness (QED) is 0.747. The highest BCUT2D eigenvalue weighted by atomic mass is 35.5. The summed E-state index contributed by atoms with van der Waals surface area (Å²) in [6, 6.07) is 10.2. The number of methoxy groups -OCH3 is 2. The molecule has 0 radical (unpaired) electrons. The molecule has 0 aliphatic heterocycles. The van der Waals surface area contributed by atoms with E-state index < -0.39 is 0 Å². The SMILES string of the molecule is COc1cc2nc(N)nc(-c3cccc4c3CCCC4)c2cc1OC.Cl. The Morgan fingerprint density at radius 3 is 2.46 bits per heavy atom. The van der Waals surface area contributed by atoms with Crippen LogP contribution >= 0.6 is 12.4 Å². The Morgan fingerprint density at radius 2 is 1.69 bits per heavy atom. The van der Waals surface area contributed by atoms with Crippen LogP contribution in [0.2, 0.25) is 0 Å². The minimum atomic E-state index is 0. The van der Waals surface area contributed by atoms with Crippen molar-refractivity contribution in [1.29, 1.82) is 0 Å². The Bertz CT molecular complexity index is 959. The van der Waals surface area contributed by atoms with E-state index in [-0.39, 0.29) is 18.4 Å². The summed E-state index contributed by atoms with van der Waals surface area (Å²) in [6.07, 6.45) is 4.65. The molecular formula is C20H22ClN3O2. The van der Waals surface area contributed by atoms with Crippen molar-refractivity contribution in [3.63, 3.8) is 0 Å². The van der Waals surface area contributed by atoms with E-state index in [1.807, 2.05) is 12.1 Å². The maximum absolute atomic E-state index is 6.01. The average molecular weight is 372 g/mol. The van der Waals surface area contributed by atoms with Crippen LogP contribution in [-0.2, 0) is 12.8 Å². The number of benzene rings is 2. The molecule has 26 heavy (non-hydrogen) atoms. The predicted molar refractivity (Wildman–Crippen MR) is 106 cm³/mol. The number of aromatic nitrogens is 2. The van der Waals surface area contributed by atoms with Gasteiger partial charge in [-0.3, -0.25) is 0 Å². The number of nitrogens with two attached hydrogens (primary N) is 1. The van der Waals surface area contributed by atoms with E-state index in [1.165, 1.54) is 24.0 Å². The first-order chi connectivity index (χ1) is 12.2. The lowest BCUT2D eigenvalue weighted by Gasteiger charge is -2.20. The summed E-state index contributed by atoms with van der Waals surface area (Å²) in [6.45, 7) is 0. The standard InChI is InChI=1S/C20H21N3O2.ClH/c1-24-17-10-15-16(11-18(17)25-2)22-20(21)23-19(15)14-9-5-7-12-6-3-4-8-13(12)14;/h5,7,9-11H,3-4,6,8H2,1-2H3,(H2,21,22,23);1H. The molecule has 0 bridgehead atoms. The molecule has 0 spiro atoms. The van der Waals surface area contributed by atoms with Crippen molar-refractivity contribution in [3.8, 4) is 22.8 Å². The van der Waals surface area contributed by atoms with Crippen LogP contribution in [0.25, 0.3) is 22.2 Å². The van der Waals surface area contributed by atoms with Crippen molar-refractivity contribution in [2.24, 2.45) is 0 Å². The average Bonchev–Trinajstić information content (AvgIpc) is 2.65. The second kappa shape index (κ2) is 7.38. The van der Waals surface area contributed by atoms with Gasteiger partial charge in [0.1, 0.15) is 0 Å². The lowest BCUT2D eigenvalue weighted by Crippen LogP contribution is -2.06. The first-order valence-corrected chi connectivity index (χ1v) is 8.51. The summed E-state index contributed by atoms with van der Waals surface area (Å²) in [5.74, 6) is 1.56. The van der Waals surface area contributed by atoms with E-state index in [4.69, 9.17) is 15.2 Å². The smallest absolute Gasteiger partial charge is 0.221 e. The molecule has 1 aliphatic carbocycles. The third kappa shape index (κ3) is 3.03. The van der Waals surface area contributed by atoms with Gasteiger partial charge >= 0.3 is 0 Å². The molecule has 2 aromatic carbocycles. The molecule has 136 valence electrons. The Balaban J connectivity index is 0.00000196. The zero-order chi connectivity index (χ0) is 17.4. The van der Waals surface area contributed by atoms with Crippen LogP contribution in [0.5, 0.6) is 11.5 Å². The number of nitrogens with zero attached hydrogens (tertiary/aromatic N) is 2. The van der Waals surface area contributed by atoms with Gasteiger partial charge in [-0.25, -0.2) is 9.97 Å². The zero-order valence-electron chi connectivity index (χ0n) is 14.9. The van der Waals surface area contributed by atoms with Crippen LogP contribution in [0.3, 0.4) is 0 Å². The van der Waals surface area contributed by atoms with E-state index in [0.29, 0.717) is 11.5 Å². The lowest BCUT2D eigenvalue weighted by atomic mass is 9.86. The molecule has 0 atom stereocenters. The molecule has 5 nitrogen and oxygen atoms in total. The van der Waals surface area contributed by atoms with E-state index >= 15 is 0 Å². The molecule has 1 aromatic heterocycles. The number of hydrogen-bond acceptors (Lipinski definition) is 5. The fourth-order valence-corrected chi connectivity index (χ4v) is 3.68. The molecular weight excluding hydrogens is 350 g/mol. The van der Waals surface area contributed by atoms with Gasteiger partial charge in [-0.05, 0) is 42.9 Å². The topological polar surface area (TPSA) is 70.3 Å². The van der Waals surface area contributed by atoms with E-state index in [2.05, 4.69) is 28.2 Å². The summed E-state index contributed by atoms with van der Waals surface area (Å²) < 4.78 is 10.9. The Labute approximate surface area is 159 Å². The van der Waals surface area contributed by atoms with Gasteiger partial charge < -0.3 is 15.2 Å². The van der Waals surface area contributed by atoms with Crippen LogP contribution < -0.4 is 15.2 Å². The molecule has 0 unspecified atom stereocenters. The monoisotopic (exact) mass is 371 g/mol. The summed E-state index contributed by atoms with van der Waals surface area (Å²) in [4.78, 5) is 8.97. The number of nitrogen functional groups attached to an aromatic ring is 1. The van der Waals surface area contributed by atoms with E-state index in [0.717, 1.165) is 35.0 Å². The van der Waals surface area contributed by atoms with Gasteiger partial charge in [-0.15, -0.1) is 12.4 Å². The molecule has 0 saturated carbocycles. The fraction of sp³-hybridized carbons (Fsp3) is 0.300. The highest BCUT2D eigenvalue weighted by Gasteiger charge is 2.19. The summed E-state index contributed by atoms with van der Waals surface area (Å²) >= 11 is 0. The number of halogens is 1. The molecule has 4 rings (SSSR count). The van der Waals surface area contributed by atoms with Crippen molar-refractivity contribution < 1.29 is 9.47 Å². The summed E-state index contributed by atoms with van der Waals surface area (Å²) in [5, 5.41) is 0.922. The number of rotatable bonds is 3. The van der Waals surface area contributed by atoms with Gasteiger partial charge in [0, 0.05) is 17.0 Å².